The number of hydrogen-bond acceptors (Lipinski definition) is 0. The van der Waals surface area contributed by atoms with Gasteiger partial charge in [-0.05, 0) is 0 Å². The molecule has 206 valence electrons. The third kappa shape index (κ3) is 5.61. The molecule has 0 aromatic heterocycles. The zero-order valence-electron chi connectivity index (χ0n) is 25.1. The van der Waals surface area contributed by atoms with Crippen LogP contribution in [0, 0.1) is 0 Å². The average Bonchev–Trinajstić information content (AvgIpc) is 3.59. The second-order valence-corrected chi connectivity index (χ2v) is 20.0. The average molecular weight is 634 g/mol. The third-order valence-corrected chi connectivity index (χ3v) is 16.4. The minimum atomic E-state index is -2.71. The summed E-state index contributed by atoms with van der Waals surface area (Å²) in [6.07, 6.45) is 9.12. The zero-order valence-corrected chi connectivity index (χ0v) is 28.3. The van der Waals surface area contributed by atoms with Crippen molar-refractivity contribution in [1.82, 2.24) is 0 Å². The maximum atomic E-state index is 6.42. The Bertz CT molecular complexity index is 1720. The molecule has 4 aromatic rings. The Morgan fingerprint density at radius 2 is 1.37 bits per heavy atom. The number of fused-ring (bicyclic) bond motifs is 3. The molecule has 2 heteroatoms. The van der Waals surface area contributed by atoms with E-state index in [2.05, 4.69) is 145 Å². The molecule has 0 radical (unpaired) electrons. The Hall–Kier alpha value is -2.60. The van der Waals surface area contributed by atoms with Crippen LogP contribution >= 0.6 is 11.6 Å². The number of halogens is 1. The van der Waals surface area contributed by atoms with Crippen LogP contribution in [0.3, 0.4) is 0 Å². The van der Waals surface area contributed by atoms with Crippen LogP contribution in [0.1, 0.15) is 81.3 Å². The van der Waals surface area contributed by atoms with Gasteiger partial charge in [0.15, 0.2) is 0 Å². The van der Waals surface area contributed by atoms with Gasteiger partial charge in [-0.25, -0.2) is 0 Å². The van der Waals surface area contributed by atoms with Crippen LogP contribution in [0.5, 0.6) is 0 Å². The van der Waals surface area contributed by atoms with Crippen molar-refractivity contribution in [3.63, 3.8) is 0 Å². The molecule has 2 aliphatic rings. The molecule has 0 bridgehead atoms. The Morgan fingerprint density at radius 1 is 0.707 bits per heavy atom. The summed E-state index contributed by atoms with van der Waals surface area (Å²) in [5.41, 5.74) is 11.6. The summed E-state index contributed by atoms with van der Waals surface area (Å²) in [6, 6.07) is 32.1. The first-order valence-electron chi connectivity index (χ1n) is 14.7. The van der Waals surface area contributed by atoms with Crippen molar-refractivity contribution in [3.05, 3.63) is 145 Å². The fraction of sp³-hybridized carbons (Fsp3) is 0.256. The molecule has 0 spiro atoms. The van der Waals surface area contributed by atoms with E-state index in [9.17, 15) is 0 Å². The third-order valence-electron chi connectivity index (χ3n) is 8.56. The molecule has 2 aliphatic carbocycles. The van der Waals surface area contributed by atoms with Gasteiger partial charge in [-0.15, -0.1) is 0 Å². The summed E-state index contributed by atoms with van der Waals surface area (Å²) >= 11 is 3.70. The monoisotopic (exact) mass is 632 g/mol. The van der Waals surface area contributed by atoms with Gasteiger partial charge in [0.25, 0.3) is 0 Å². The predicted molar refractivity (Wildman–Crippen MR) is 175 cm³/mol. The molecule has 4 aromatic carbocycles. The van der Waals surface area contributed by atoms with Crippen LogP contribution in [0.25, 0.3) is 11.1 Å². The summed E-state index contributed by atoms with van der Waals surface area (Å²) in [7, 11) is 0. The molecule has 0 saturated carbocycles. The van der Waals surface area contributed by atoms with Crippen molar-refractivity contribution in [2.24, 2.45) is 0 Å². The van der Waals surface area contributed by atoms with Crippen LogP contribution < -0.4 is 3.27 Å². The van der Waals surface area contributed by atoms with E-state index in [-0.39, 0.29) is 10.8 Å². The van der Waals surface area contributed by atoms with Crippen molar-refractivity contribution >= 4 is 18.1 Å². The number of hydrogen-bond donors (Lipinski definition) is 0. The summed E-state index contributed by atoms with van der Waals surface area (Å²) in [5.74, 6) is 0. The van der Waals surface area contributed by atoms with Gasteiger partial charge in [0.2, 0.25) is 0 Å². The van der Waals surface area contributed by atoms with Crippen LogP contribution in [0.15, 0.2) is 106 Å². The first kappa shape index (κ1) is 28.5. The van der Waals surface area contributed by atoms with E-state index in [0.29, 0.717) is 0 Å². The van der Waals surface area contributed by atoms with Crippen molar-refractivity contribution < 1.29 is 21.3 Å². The maximum absolute atomic E-state index is 6.42. The molecule has 0 atom stereocenters. The molecule has 41 heavy (non-hydrogen) atoms. The molecule has 0 heterocycles. The molecule has 0 saturated heterocycles. The summed E-state index contributed by atoms with van der Waals surface area (Å²) in [4.78, 5) is 0. The van der Waals surface area contributed by atoms with E-state index in [1.807, 2.05) is 0 Å². The van der Waals surface area contributed by atoms with Gasteiger partial charge in [-0.1, -0.05) is 0 Å². The van der Waals surface area contributed by atoms with E-state index in [4.69, 9.17) is 11.6 Å². The number of benzene rings is 4. The second-order valence-electron chi connectivity index (χ2n) is 13.5. The van der Waals surface area contributed by atoms with E-state index >= 15 is 0 Å². The molecular weight excluding hydrogens is 595 g/mol. The van der Waals surface area contributed by atoms with Gasteiger partial charge in [-0.2, -0.15) is 0 Å². The predicted octanol–water partition coefficient (Wildman–Crippen LogP) is 9.86. The van der Waals surface area contributed by atoms with Gasteiger partial charge in [0.1, 0.15) is 0 Å². The first-order chi connectivity index (χ1) is 19.5. The number of allylic oxidation sites excluding steroid dienone is 4. The molecule has 0 amide bonds. The van der Waals surface area contributed by atoms with Crippen molar-refractivity contribution in [3.8, 4) is 11.1 Å². The molecule has 0 fully saturated rings. The van der Waals surface area contributed by atoms with Crippen LogP contribution in [-0.2, 0) is 38.5 Å². The van der Waals surface area contributed by atoms with Crippen molar-refractivity contribution in [2.75, 3.05) is 0 Å². The van der Waals surface area contributed by atoms with Crippen LogP contribution in [0.4, 0.5) is 0 Å². The van der Waals surface area contributed by atoms with E-state index in [1.165, 1.54) is 38.9 Å². The van der Waals surface area contributed by atoms with E-state index in [1.54, 1.807) is 15.3 Å². The number of rotatable bonds is 4. The molecule has 0 N–H and O–H groups in total. The van der Waals surface area contributed by atoms with Gasteiger partial charge >= 0.3 is 261 Å². The zero-order chi connectivity index (χ0) is 28.9. The van der Waals surface area contributed by atoms with Gasteiger partial charge < -0.3 is 0 Å². The second kappa shape index (κ2) is 10.9. The Balaban J connectivity index is 1.72. The van der Waals surface area contributed by atoms with Gasteiger partial charge in [-0.3, -0.25) is 0 Å². The molecule has 6 rings (SSSR count). The summed E-state index contributed by atoms with van der Waals surface area (Å²) in [6.45, 7) is 14.0. The topological polar surface area (TPSA) is 0 Å². The fourth-order valence-corrected chi connectivity index (χ4v) is 14.3. The van der Waals surface area contributed by atoms with Crippen molar-refractivity contribution in [1.29, 1.82) is 0 Å². The summed E-state index contributed by atoms with van der Waals surface area (Å²) in [5, 5.41) is 0.786. The Kier molecular flexibility index (Phi) is 7.59. The van der Waals surface area contributed by atoms with Crippen LogP contribution in [-0.4, -0.2) is 3.21 Å². The quantitative estimate of drug-likeness (QED) is 0.185. The van der Waals surface area contributed by atoms with Gasteiger partial charge in [0, 0.05) is 0 Å². The van der Waals surface area contributed by atoms with E-state index in [0.717, 1.165) is 17.9 Å². The first-order valence-corrected chi connectivity index (χ1v) is 18.8. The standard InChI is InChI=1S/C21H25.C13H9Cl.C5H5.Zr/c1-20(2,3)16-9-7-14-11-15-8-10-17(21(4,5)6)13-19(15)18(14)12-16;14-13-8-6-12(7-9-13)10-11-4-2-1-3-5-11;1-2-4-5-3-1;/h7,9-10,12-13H,11H2,1-6H3;1-9H;1-3H,4H2;. The van der Waals surface area contributed by atoms with Crippen molar-refractivity contribution in [2.45, 2.75) is 65.2 Å². The Labute approximate surface area is 259 Å². The SMILES string of the molecule is CC(C)(C)c1ccc2c(c1)-c1cc(C(C)(C)C)c[c](/[Zr]([C]3=CC=CC3)=[C](/c3ccccc3)c3ccc(Cl)cc3)c1C2. The Morgan fingerprint density at radius 3 is 2.00 bits per heavy atom. The van der Waals surface area contributed by atoms with Crippen LogP contribution in [0.2, 0.25) is 5.02 Å². The minimum absolute atomic E-state index is 0.0535. The normalized spacial score (nSPS) is 15.0. The molecular formula is C39H39ClZr. The van der Waals surface area contributed by atoms with Gasteiger partial charge in [0.05, 0.1) is 0 Å². The molecule has 0 unspecified atom stereocenters. The fourth-order valence-electron chi connectivity index (χ4n) is 6.17. The molecule has 0 aliphatic heterocycles. The molecule has 0 nitrogen and oxygen atoms in total. The summed E-state index contributed by atoms with van der Waals surface area (Å²) < 4.78 is 4.81. The van der Waals surface area contributed by atoms with E-state index < -0.39 is 21.3 Å².